The molecule has 2 fully saturated rings. The Labute approximate surface area is 255 Å². The first-order valence-electron chi connectivity index (χ1n) is 14.0. The van der Waals surface area contributed by atoms with Gasteiger partial charge in [-0.3, -0.25) is 4.79 Å². The van der Waals surface area contributed by atoms with Crippen LogP contribution in [-0.4, -0.2) is 68.6 Å². The SMILES string of the molecule is CC(C)(C#Cc1ccc(NC(=O)CSc2nnnn2-c2ccc(C3CC3)cc2Cl)c(Cl)c1)OCCN1CCCCC1. The van der Waals surface area contributed by atoms with Crippen molar-refractivity contribution in [1.29, 1.82) is 0 Å². The molecule has 1 aliphatic carbocycles. The zero-order valence-electron chi connectivity index (χ0n) is 23.3. The molecule has 11 heteroatoms. The summed E-state index contributed by atoms with van der Waals surface area (Å²) in [7, 11) is 0. The fourth-order valence-corrected chi connectivity index (χ4v) is 5.85. The van der Waals surface area contributed by atoms with E-state index in [-0.39, 0.29) is 11.7 Å². The maximum absolute atomic E-state index is 12.7. The van der Waals surface area contributed by atoms with E-state index in [4.69, 9.17) is 27.9 Å². The summed E-state index contributed by atoms with van der Waals surface area (Å²) in [5.41, 5.74) is 2.59. The third-order valence-electron chi connectivity index (χ3n) is 7.09. The molecule has 1 aliphatic heterocycles. The van der Waals surface area contributed by atoms with E-state index in [1.165, 1.54) is 49.4 Å². The quantitative estimate of drug-likeness (QED) is 0.215. The number of amides is 1. The molecule has 0 radical (unpaired) electrons. The van der Waals surface area contributed by atoms with E-state index >= 15 is 0 Å². The molecule has 1 saturated heterocycles. The van der Waals surface area contributed by atoms with Crippen LogP contribution in [0.15, 0.2) is 41.6 Å². The average Bonchev–Trinajstić information content (AvgIpc) is 3.71. The minimum absolute atomic E-state index is 0.0962. The highest BCUT2D eigenvalue weighted by molar-refractivity contribution is 7.99. The fourth-order valence-electron chi connectivity index (χ4n) is 4.67. The Bertz CT molecular complexity index is 1440. The first-order chi connectivity index (χ1) is 19.8. The zero-order chi connectivity index (χ0) is 28.8. The van der Waals surface area contributed by atoms with Crippen LogP contribution in [0.4, 0.5) is 5.69 Å². The summed E-state index contributed by atoms with van der Waals surface area (Å²) in [5.74, 6) is 6.81. The van der Waals surface area contributed by atoms with Gasteiger partial charge in [0.05, 0.1) is 33.8 Å². The summed E-state index contributed by atoms with van der Waals surface area (Å²) >= 11 is 14.2. The molecule has 41 heavy (non-hydrogen) atoms. The van der Waals surface area contributed by atoms with Crippen LogP contribution in [0.3, 0.4) is 0 Å². The van der Waals surface area contributed by atoms with Crippen LogP contribution in [0.5, 0.6) is 0 Å². The molecule has 0 atom stereocenters. The molecule has 5 rings (SSSR count). The molecule has 2 heterocycles. The van der Waals surface area contributed by atoms with Gasteiger partial charge in [-0.05, 0) is 105 Å². The lowest BCUT2D eigenvalue weighted by atomic mass is 10.1. The number of carbonyl (C=O) groups is 1. The van der Waals surface area contributed by atoms with Gasteiger partial charge in [-0.1, -0.05) is 59.3 Å². The number of nitrogens with one attached hydrogen (secondary N) is 1. The van der Waals surface area contributed by atoms with Gasteiger partial charge in [0.2, 0.25) is 11.1 Å². The molecule has 1 aromatic heterocycles. The van der Waals surface area contributed by atoms with Gasteiger partial charge in [-0.15, -0.1) is 5.10 Å². The monoisotopic (exact) mass is 612 g/mol. The molecule has 0 bridgehead atoms. The molecular formula is C30H34Cl2N6O2S. The normalized spacial score (nSPS) is 15.8. The average molecular weight is 614 g/mol. The minimum atomic E-state index is -0.578. The first kappa shape index (κ1) is 29.9. The van der Waals surface area contributed by atoms with Crippen LogP contribution in [-0.2, 0) is 9.53 Å². The molecule has 3 aromatic rings. The Morgan fingerprint density at radius 3 is 2.66 bits per heavy atom. The summed E-state index contributed by atoms with van der Waals surface area (Å²) in [6.45, 7) is 7.82. The summed E-state index contributed by atoms with van der Waals surface area (Å²) in [6, 6.07) is 11.3. The van der Waals surface area contributed by atoms with Gasteiger partial charge < -0.3 is 15.0 Å². The van der Waals surface area contributed by atoms with Crippen molar-refractivity contribution in [3.63, 3.8) is 0 Å². The number of piperidine rings is 1. The van der Waals surface area contributed by atoms with Gasteiger partial charge in [0.1, 0.15) is 5.60 Å². The topological polar surface area (TPSA) is 85.2 Å². The maximum Gasteiger partial charge on any atom is 0.234 e. The Hall–Kier alpha value is -2.61. The Balaban J connectivity index is 1.12. The lowest BCUT2D eigenvalue weighted by molar-refractivity contribution is -0.113. The molecular weight excluding hydrogens is 579 g/mol. The van der Waals surface area contributed by atoms with Gasteiger partial charge in [-0.25, -0.2) is 0 Å². The number of likely N-dealkylation sites (tertiary alicyclic amines) is 1. The van der Waals surface area contributed by atoms with Crippen molar-refractivity contribution in [2.45, 2.75) is 62.6 Å². The summed E-state index contributed by atoms with van der Waals surface area (Å²) in [4.78, 5) is 15.2. The van der Waals surface area contributed by atoms with E-state index in [2.05, 4.69) is 43.6 Å². The van der Waals surface area contributed by atoms with Crippen molar-refractivity contribution < 1.29 is 9.53 Å². The largest absolute Gasteiger partial charge is 0.362 e. The van der Waals surface area contributed by atoms with Crippen LogP contribution in [0, 0.1) is 11.8 Å². The fraction of sp³-hybridized carbons (Fsp3) is 0.467. The summed E-state index contributed by atoms with van der Waals surface area (Å²) < 4.78 is 7.60. The van der Waals surface area contributed by atoms with Gasteiger partial charge in [0.25, 0.3) is 0 Å². The van der Waals surface area contributed by atoms with E-state index in [0.29, 0.717) is 39.1 Å². The molecule has 1 N–H and O–H groups in total. The van der Waals surface area contributed by atoms with Gasteiger partial charge in [-0.2, -0.15) is 4.68 Å². The molecule has 1 saturated carbocycles. The summed E-state index contributed by atoms with van der Waals surface area (Å²) in [5, 5.41) is 16.2. The van der Waals surface area contributed by atoms with E-state index < -0.39 is 5.60 Å². The number of halogens is 2. The molecule has 1 amide bonds. The van der Waals surface area contributed by atoms with Gasteiger partial charge in [0, 0.05) is 12.1 Å². The van der Waals surface area contributed by atoms with Crippen molar-refractivity contribution in [3.05, 3.63) is 57.6 Å². The number of benzene rings is 2. The number of hydrogen-bond acceptors (Lipinski definition) is 7. The summed E-state index contributed by atoms with van der Waals surface area (Å²) in [6.07, 6.45) is 6.26. The minimum Gasteiger partial charge on any atom is -0.362 e. The predicted octanol–water partition coefficient (Wildman–Crippen LogP) is 6.21. The number of aromatic nitrogens is 4. The van der Waals surface area contributed by atoms with E-state index in [0.717, 1.165) is 25.2 Å². The van der Waals surface area contributed by atoms with E-state index in [1.54, 1.807) is 16.8 Å². The second-order valence-electron chi connectivity index (χ2n) is 10.9. The van der Waals surface area contributed by atoms with Crippen LogP contribution < -0.4 is 5.32 Å². The Morgan fingerprint density at radius 2 is 1.93 bits per heavy atom. The van der Waals surface area contributed by atoms with Crippen molar-refractivity contribution in [2.24, 2.45) is 0 Å². The standard InChI is InChI=1S/C30H34Cl2N6O2S/c1-30(2,40-17-16-37-14-4-3-5-15-37)13-12-21-6-10-26(24(31)18-21)33-28(39)20-41-29-34-35-36-38(29)27-11-9-23(19-25(27)32)22-7-8-22/h6,9-11,18-19,22H,3-5,7-8,14-17,20H2,1-2H3,(H,33,39). The number of anilines is 1. The molecule has 2 aliphatic rings. The van der Waals surface area contributed by atoms with Crippen LogP contribution >= 0.6 is 35.0 Å². The van der Waals surface area contributed by atoms with Crippen molar-refractivity contribution in [1.82, 2.24) is 25.1 Å². The van der Waals surface area contributed by atoms with Crippen LogP contribution in [0.1, 0.15) is 63.0 Å². The number of carbonyl (C=O) groups excluding carboxylic acids is 1. The highest BCUT2D eigenvalue weighted by Gasteiger charge is 2.25. The van der Waals surface area contributed by atoms with Crippen molar-refractivity contribution >= 4 is 46.6 Å². The maximum atomic E-state index is 12.7. The molecule has 216 valence electrons. The molecule has 2 aromatic carbocycles. The first-order valence-corrected chi connectivity index (χ1v) is 15.7. The van der Waals surface area contributed by atoms with E-state index in [9.17, 15) is 4.79 Å². The number of hydrogen-bond donors (Lipinski definition) is 1. The second kappa shape index (κ2) is 13.6. The van der Waals surface area contributed by atoms with Gasteiger partial charge in [0.15, 0.2) is 0 Å². The second-order valence-corrected chi connectivity index (χ2v) is 12.7. The van der Waals surface area contributed by atoms with Crippen molar-refractivity contribution in [3.8, 4) is 17.5 Å². The lowest BCUT2D eigenvalue weighted by Crippen LogP contribution is -2.35. The number of tetrazole rings is 1. The predicted molar refractivity (Wildman–Crippen MR) is 164 cm³/mol. The zero-order valence-corrected chi connectivity index (χ0v) is 25.7. The number of thioether (sulfide) groups is 1. The lowest BCUT2D eigenvalue weighted by Gasteiger charge is -2.28. The van der Waals surface area contributed by atoms with Crippen LogP contribution in [0.25, 0.3) is 5.69 Å². The van der Waals surface area contributed by atoms with Crippen LogP contribution in [0.2, 0.25) is 10.0 Å². The molecule has 0 unspecified atom stereocenters. The Kier molecular flexibility index (Phi) is 9.89. The molecule has 8 nitrogen and oxygen atoms in total. The highest BCUT2D eigenvalue weighted by Crippen LogP contribution is 2.41. The third kappa shape index (κ3) is 8.46. The van der Waals surface area contributed by atoms with Crippen molar-refractivity contribution in [2.75, 3.05) is 37.3 Å². The molecule has 0 spiro atoms. The Morgan fingerprint density at radius 1 is 1.12 bits per heavy atom. The van der Waals surface area contributed by atoms with E-state index in [1.807, 2.05) is 32.0 Å². The number of rotatable bonds is 10. The highest BCUT2D eigenvalue weighted by atomic mass is 35.5. The number of ether oxygens (including phenoxy) is 1. The third-order valence-corrected chi connectivity index (χ3v) is 8.63. The van der Waals surface area contributed by atoms with Gasteiger partial charge >= 0.3 is 0 Å². The number of nitrogens with zero attached hydrogens (tertiary/aromatic N) is 5. The smallest absolute Gasteiger partial charge is 0.234 e.